The van der Waals surface area contributed by atoms with Crippen LogP contribution in [0.2, 0.25) is 0 Å². The Labute approximate surface area is 121 Å². The predicted molar refractivity (Wildman–Crippen MR) is 81.2 cm³/mol. The van der Waals surface area contributed by atoms with Gasteiger partial charge in [-0.05, 0) is 54.9 Å². The molecule has 2 saturated carbocycles. The molecular formula is C18H25NO. The van der Waals surface area contributed by atoms with Gasteiger partial charge in [0.2, 0.25) is 0 Å². The Morgan fingerprint density at radius 3 is 2.65 bits per heavy atom. The van der Waals surface area contributed by atoms with Gasteiger partial charge in [-0.2, -0.15) is 0 Å². The lowest BCUT2D eigenvalue weighted by molar-refractivity contribution is 0.253. The average Bonchev–Trinajstić information content (AvgIpc) is 3.29. The zero-order valence-corrected chi connectivity index (χ0v) is 12.5. The molecular weight excluding hydrogens is 246 g/mol. The number of fused-ring (bicyclic) bond motifs is 2. The second-order valence-electron chi connectivity index (χ2n) is 6.99. The van der Waals surface area contributed by atoms with Crippen LogP contribution >= 0.6 is 0 Å². The molecule has 3 aliphatic rings. The van der Waals surface area contributed by atoms with Crippen LogP contribution < -0.4 is 10.1 Å². The van der Waals surface area contributed by atoms with Gasteiger partial charge < -0.3 is 10.1 Å². The number of hydrogen-bond acceptors (Lipinski definition) is 2. The van der Waals surface area contributed by atoms with Gasteiger partial charge in [-0.3, -0.25) is 0 Å². The number of ether oxygens (including phenoxy) is 1. The Hall–Kier alpha value is -1.02. The van der Waals surface area contributed by atoms with Crippen molar-refractivity contribution in [3.05, 3.63) is 29.3 Å². The highest BCUT2D eigenvalue weighted by atomic mass is 16.5. The second-order valence-corrected chi connectivity index (χ2v) is 6.99. The van der Waals surface area contributed by atoms with Crippen molar-refractivity contribution in [1.82, 2.24) is 5.32 Å². The van der Waals surface area contributed by atoms with Crippen molar-refractivity contribution in [2.75, 3.05) is 13.7 Å². The standard InChI is InChI=1S/C18H25NO/c1-20-14-7-8-15-16(11-14)18(9-10-18)12-19-17(15)13-5-3-2-4-6-13/h7-8,11,13,17,19H,2-6,9-10,12H2,1H3. The summed E-state index contributed by atoms with van der Waals surface area (Å²) >= 11 is 0. The number of hydrogen-bond donors (Lipinski definition) is 1. The monoisotopic (exact) mass is 271 g/mol. The summed E-state index contributed by atoms with van der Waals surface area (Å²) in [5.41, 5.74) is 3.60. The summed E-state index contributed by atoms with van der Waals surface area (Å²) in [5.74, 6) is 1.87. The lowest BCUT2D eigenvalue weighted by Gasteiger charge is -2.39. The summed E-state index contributed by atoms with van der Waals surface area (Å²) in [4.78, 5) is 0. The number of rotatable bonds is 2. The predicted octanol–water partition coefficient (Wildman–Crippen LogP) is 3.95. The van der Waals surface area contributed by atoms with Crippen molar-refractivity contribution in [2.45, 2.75) is 56.4 Å². The normalized spacial score (nSPS) is 28.1. The molecule has 0 amide bonds. The number of nitrogens with one attached hydrogen (secondary N) is 1. The summed E-state index contributed by atoms with van der Waals surface area (Å²) in [6, 6.07) is 7.39. The van der Waals surface area contributed by atoms with Crippen molar-refractivity contribution >= 4 is 0 Å². The molecule has 1 N–H and O–H groups in total. The topological polar surface area (TPSA) is 21.3 Å². The molecule has 2 fully saturated rings. The Bertz CT molecular complexity index is 500. The van der Waals surface area contributed by atoms with Gasteiger partial charge in [0.1, 0.15) is 5.75 Å². The van der Waals surface area contributed by atoms with Crippen LogP contribution in [0.15, 0.2) is 18.2 Å². The van der Waals surface area contributed by atoms with E-state index < -0.39 is 0 Å². The van der Waals surface area contributed by atoms with Gasteiger partial charge in [-0.1, -0.05) is 25.3 Å². The van der Waals surface area contributed by atoms with Crippen molar-refractivity contribution < 1.29 is 4.74 Å². The smallest absolute Gasteiger partial charge is 0.119 e. The number of benzene rings is 1. The van der Waals surface area contributed by atoms with E-state index in [2.05, 4.69) is 23.5 Å². The molecule has 2 aliphatic carbocycles. The van der Waals surface area contributed by atoms with Gasteiger partial charge in [0, 0.05) is 18.0 Å². The molecule has 0 saturated heterocycles. The van der Waals surface area contributed by atoms with Gasteiger partial charge in [0.15, 0.2) is 0 Å². The van der Waals surface area contributed by atoms with Crippen LogP contribution in [0, 0.1) is 5.92 Å². The lowest BCUT2D eigenvalue weighted by Crippen LogP contribution is -2.41. The third-order valence-electron chi connectivity index (χ3n) is 5.80. The average molecular weight is 271 g/mol. The fraction of sp³-hybridized carbons (Fsp3) is 0.667. The Kier molecular flexibility index (Phi) is 3.03. The maximum absolute atomic E-state index is 5.46. The molecule has 1 aromatic carbocycles. The maximum atomic E-state index is 5.46. The Morgan fingerprint density at radius 2 is 1.95 bits per heavy atom. The van der Waals surface area contributed by atoms with E-state index in [1.54, 1.807) is 18.2 Å². The summed E-state index contributed by atoms with van der Waals surface area (Å²) in [6.07, 6.45) is 9.75. The van der Waals surface area contributed by atoms with E-state index in [1.807, 2.05) is 0 Å². The molecule has 1 aliphatic heterocycles. The summed E-state index contributed by atoms with van der Waals surface area (Å²) in [6.45, 7) is 1.17. The third kappa shape index (κ3) is 1.96. The van der Waals surface area contributed by atoms with Crippen LogP contribution in [-0.2, 0) is 5.41 Å². The second kappa shape index (κ2) is 4.77. The summed E-state index contributed by atoms with van der Waals surface area (Å²) in [7, 11) is 1.78. The first kappa shape index (κ1) is 12.7. The van der Waals surface area contributed by atoms with Crippen LogP contribution in [0.5, 0.6) is 5.75 Å². The Balaban J connectivity index is 1.71. The quantitative estimate of drug-likeness (QED) is 0.879. The summed E-state index contributed by atoms with van der Waals surface area (Å²) < 4.78 is 5.46. The largest absolute Gasteiger partial charge is 0.497 e. The molecule has 1 heterocycles. The molecule has 0 aromatic heterocycles. The molecule has 1 spiro atoms. The van der Waals surface area contributed by atoms with Crippen molar-refractivity contribution in [1.29, 1.82) is 0 Å². The minimum Gasteiger partial charge on any atom is -0.497 e. The zero-order chi connectivity index (χ0) is 13.6. The van der Waals surface area contributed by atoms with E-state index in [0.717, 1.165) is 11.7 Å². The zero-order valence-electron chi connectivity index (χ0n) is 12.5. The highest BCUT2D eigenvalue weighted by Crippen LogP contribution is 2.54. The van der Waals surface area contributed by atoms with Gasteiger partial charge in [0.25, 0.3) is 0 Å². The highest BCUT2D eigenvalue weighted by molar-refractivity contribution is 5.47. The van der Waals surface area contributed by atoms with E-state index >= 15 is 0 Å². The van der Waals surface area contributed by atoms with Crippen molar-refractivity contribution in [3.8, 4) is 5.75 Å². The van der Waals surface area contributed by atoms with Crippen LogP contribution in [-0.4, -0.2) is 13.7 Å². The molecule has 0 radical (unpaired) electrons. The minimum atomic E-state index is 0.440. The van der Waals surface area contributed by atoms with Gasteiger partial charge >= 0.3 is 0 Å². The highest BCUT2D eigenvalue weighted by Gasteiger charge is 2.49. The first-order chi connectivity index (χ1) is 9.82. The van der Waals surface area contributed by atoms with Crippen LogP contribution in [0.1, 0.15) is 62.1 Å². The number of methoxy groups -OCH3 is 1. The molecule has 1 unspecified atom stereocenters. The molecule has 1 aromatic rings. The van der Waals surface area contributed by atoms with Gasteiger partial charge in [0.05, 0.1) is 7.11 Å². The maximum Gasteiger partial charge on any atom is 0.119 e. The van der Waals surface area contributed by atoms with Gasteiger partial charge in [-0.25, -0.2) is 0 Å². The molecule has 108 valence electrons. The van der Waals surface area contributed by atoms with Crippen LogP contribution in [0.4, 0.5) is 0 Å². The van der Waals surface area contributed by atoms with Gasteiger partial charge in [-0.15, -0.1) is 0 Å². The first-order valence-electron chi connectivity index (χ1n) is 8.24. The van der Waals surface area contributed by atoms with Crippen molar-refractivity contribution in [2.24, 2.45) is 5.92 Å². The molecule has 4 rings (SSSR count). The molecule has 1 atom stereocenters. The SMILES string of the molecule is COc1ccc2c(c1)C1(CC1)CNC2C1CCCCC1. The van der Waals surface area contributed by atoms with E-state index in [4.69, 9.17) is 4.74 Å². The first-order valence-corrected chi connectivity index (χ1v) is 8.24. The van der Waals surface area contributed by atoms with Crippen molar-refractivity contribution in [3.63, 3.8) is 0 Å². The fourth-order valence-electron chi connectivity index (χ4n) is 4.39. The molecule has 2 heteroatoms. The Morgan fingerprint density at radius 1 is 1.15 bits per heavy atom. The molecule has 2 nitrogen and oxygen atoms in total. The van der Waals surface area contributed by atoms with Crippen LogP contribution in [0.25, 0.3) is 0 Å². The summed E-state index contributed by atoms with van der Waals surface area (Å²) in [5, 5.41) is 3.89. The van der Waals surface area contributed by atoms with E-state index in [9.17, 15) is 0 Å². The molecule has 0 bridgehead atoms. The van der Waals surface area contributed by atoms with E-state index in [-0.39, 0.29) is 0 Å². The molecule has 20 heavy (non-hydrogen) atoms. The minimum absolute atomic E-state index is 0.440. The third-order valence-corrected chi connectivity index (χ3v) is 5.80. The van der Waals surface area contributed by atoms with E-state index in [0.29, 0.717) is 11.5 Å². The van der Waals surface area contributed by atoms with E-state index in [1.165, 1.54) is 51.5 Å². The lowest BCUT2D eigenvalue weighted by atomic mass is 9.75. The van der Waals surface area contributed by atoms with Crippen LogP contribution in [0.3, 0.4) is 0 Å². The fourth-order valence-corrected chi connectivity index (χ4v) is 4.39.